The van der Waals surface area contributed by atoms with Crippen LogP contribution < -0.4 is 16.6 Å². The molecule has 0 radical (unpaired) electrons. The van der Waals surface area contributed by atoms with Gasteiger partial charge in [-0.05, 0) is 36.4 Å². The van der Waals surface area contributed by atoms with Crippen molar-refractivity contribution in [3.8, 4) is 11.5 Å². The second kappa shape index (κ2) is 7.89. The monoisotopic (exact) mass is 381 g/mol. The van der Waals surface area contributed by atoms with Crippen molar-refractivity contribution in [1.82, 2.24) is 10.7 Å². The van der Waals surface area contributed by atoms with Gasteiger partial charge in [0.25, 0.3) is 11.8 Å². The highest BCUT2D eigenvalue weighted by atomic mass is 35.5. The number of halogens is 2. The molecule has 7 nitrogen and oxygen atoms in total. The Balaban J connectivity index is 2.36. The molecule has 6 N–H and O–H groups in total. The van der Waals surface area contributed by atoms with E-state index in [2.05, 4.69) is 5.32 Å². The largest absolute Gasteiger partial charge is 0.508 e. The highest BCUT2D eigenvalue weighted by Gasteiger charge is 2.17. The fourth-order valence-corrected chi connectivity index (χ4v) is 2.40. The van der Waals surface area contributed by atoms with E-state index in [1.54, 1.807) is 0 Å². The molecule has 130 valence electrons. The molecule has 0 fully saturated rings. The van der Waals surface area contributed by atoms with Crippen LogP contribution in [0.5, 0.6) is 11.5 Å². The third-order valence-electron chi connectivity index (χ3n) is 3.11. The molecule has 0 unspecified atom stereocenters. The summed E-state index contributed by atoms with van der Waals surface area (Å²) in [7, 11) is 0. The standard InChI is InChI=1S/C16H13Cl2N3O4/c17-9-2-4-11(12(18)6-9)15(24)20-13(16(25)21-19)5-8-1-3-10(22)7-14(8)23/h1-7,22-23H,19H2,(H,20,24)(H,21,25)/b13-5+. The smallest absolute Gasteiger partial charge is 0.281 e. The average molecular weight is 382 g/mol. The first-order valence-electron chi connectivity index (χ1n) is 6.83. The number of benzene rings is 2. The number of amides is 2. The highest BCUT2D eigenvalue weighted by molar-refractivity contribution is 6.36. The van der Waals surface area contributed by atoms with Crippen LogP contribution in [0.4, 0.5) is 0 Å². The van der Waals surface area contributed by atoms with E-state index in [0.29, 0.717) is 5.02 Å². The molecule has 2 aromatic rings. The fourth-order valence-electron chi connectivity index (χ4n) is 1.91. The zero-order valence-electron chi connectivity index (χ0n) is 12.6. The summed E-state index contributed by atoms with van der Waals surface area (Å²) >= 11 is 11.7. The first-order chi connectivity index (χ1) is 11.8. The van der Waals surface area contributed by atoms with E-state index in [1.165, 1.54) is 36.4 Å². The maximum atomic E-state index is 12.3. The predicted octanol–water partition coefficient (Wildman–Crippen LogP) is 2.17. The van der Waals surface area contributed by atoms with Gasteiger partial charge in [0.15, 0.2) is 0 Å². The van der Waals surface area contributed by atoms with Crippen molar-refractivity contribution >= 4 is 41.1 Å². The van der Waals surface area contributed by atoms with Crippen LogP contribution in [0.3, 0.4) is 0 Å². The first kappa shape index (κ1) is 18.6. The lowest BCUT2D eigenvalue weighted by molar-refractivity contribution is -0.117. The second-order valence-corrected chi connectivity index (χ2v) is 5.70. The van der Waals surface area contributed by atoms with Gasteiger partial charge >= 0.3 is 0 Å². The van der Waals surface area contributed by atoms with Crippen LogP contribution in [0.15, 0.2) is 42.1 Å². The minimum atomic E-state index is -0.800. The summed E-state index contributed by atoms with van der Waals surface area (Å²) in [6, 6.07) is 8.01. The summed E-state index contributed by atoms with van der Waals surface area (Å²) in [6.45, 7) is 0. The average Bonchev–Trinajstić information content (AvgIpc) is 2.55. The molecule has 9 heteroatoms. The minimum absolute atomic E-state index is 0.0942. The van der Waals surface area contributed by atoms with E-state index in [1.807, 2.05) is 5.43 Å². The molecule has 0 aliphatic rings. The number of hydrogen-bond acceptors (Lipinski definition) is 5. The van der Waals surface area contributed by atoms with E-state index >= 15 is 0 Å². The summed E-state index contributed by atoms with van der Waals surface area (Å²) in [4.78, 5) is 24.2. The van der Waals surface area contributed by atoms with Crippen molar-refractivity contribution < 1.29 is 19.8 Å². The van der Waals surface area contributed by atoms with Crippen molar-refractivity contribution in [3.05, 3.63) is 63.3 Å². The van der Waals surface area contributed by atoms with Gasteiger partial charge in [-0.25, -0.2) is 5.84 Å². The first-order valence-corrected chi connectivity index (χ1v) is 7.58. The zero-order chi connectivity index (χ0) is 18.6. The van der Waals surface area contributed by atoms with Crippen LogP contribution in [0, 0.1) is 0 Å². The Bertz CT molecular complexity index is 868. The van der Waals surface area contributed by atoms with E-state index < -0.39 is 11.8 Å². The molecule has 0 aromatic heterocycles. The quantitative estimate of drug-likeness (QED) is 0.240. The maximum absolute atomic E-state index is 12.3. The Morgan fingerprint density at radius 2 is 1.80 bits per heavy atom. The molecule has 2 rings (SSSR count). The number of hydrazine groups is 1. The molecule has 0 saturated carbocycles. The summed E-state index contributed by atoms with van der Waals surface area (Å²) in [5.41, 5.74) is 1.93. The van der Waals surface area contributed by atoms with Crippen LogP contribution in [0.25, 0.3) is 6.08 Å². The summed E-state index contributed by atoms with van der Waals surface area (Å²) in [6.07, 6.45) is 1.19. The van der Waals surface area contributed by atoms with Crippen molar-refractivity contribution in [3.63, 3.8) is 0 Å². The molecule has 0 atom stereocenters. The summed E-state index contributed by atoms with van der Waals surface area (Å²) < 4.78 is 0. The van der Waals surface area contributed by atoms with E-state index in [-0.39, 0.29) is 33.3 Å². The highest BCUT2D eigenvalue weighted by Crippen LogP contribution is 2.25. The fraction of sp³-hybridized carbons (Fsp3) is 0. The number of nitrogens with one attached hydrogen (secondary N) is 2. The molecule has 0 aliphatic carbocycles. The van der Waals surface area contributed by atoms with Crippen molar-refractivity contribution in [2.45, 2.75) is 0 Å². The van der Waals surface area contributed by atoms with Crippen molar-refractivity contribution in [1.29, 1.82) is 0 Å². The lowest BCUT2D eigenvalue weighted by Gasteiger charge is -2.10. The Morgan fingerprint density at radius 1 is 1.08 bits per heavy atom. The molecule has 0 aliphatic heterocycles. The Labute approximate surface area is 152 Å². The molecule has 25 heavy (non-hydrogen) atoms. The normalized spacial score (nSPS) is 11.1. The molecular weight excluding hydrogens is 369 g/mol. The summed E-state index contributed by atoms with van der Waals surface area (Å²) in [5, 5.41) is 21.9. The van der Waals surface area contributed by atoms with Crippen LogP contribution >= 0.6 is 23.2 Å². The van der Waals surface area contributed by atoms with Gasteiger partial charge in [-0.1, -0.05) is 23.2 Å². The van der Waals surface area contributed by atoms with Crippen molar-refractivity contribution in [2.75, 3.05) is 0 Å². The van der Waals surface area contributed by atoms with Gasteiger partial charge in [0, 0.05) is 16.7 Å². The van der Waals surface area contributed by atoms with E-state index in [4.69, 9.17) is 29.0 Å². The Hall–Kier alpha value is -2.74. The van der Waals surface area contributed by atoms with Gasteiger partial charge in [-0.3, -0.25) is 15.0 Å². The molecule has 0 spiro atoms. The molecule has 2 amide bonds. The third-order valence-corrected chi connectivity index (χ3v) is 3.66. The van der Waals surface area contributed by atoms with Gasteiger partial charge in [0.05, 0.1) is 10.6 Å². The minimum Gasteiger partial charge on any atom is -0.508 e. The number of phenolic OH excluding ortho intramolecular Hbond substituents is 2. The number of rotatable bonds is 4. The van der Waals surface area contributed by atoms with Crippen LogP contribution in [0.2, 0.25) is 10.0 Å². The molecule has 0 bridgehead atoms. The van der Waals surface area contributed by atoms with Crippen LogP contribution in [-0.4, -0.2) is 22.0 Å². The third kappa shape index (κ3) is 4.63. The molecule has 0 saturated heterocycles. The molecule has 0 heterocycles. The van der Waals surface area contributed by atoms with E-state index in [0.717, 1.165) is 6.07 Å². The van der Waals surface area contributed by atoms with Crippen molar-refractivity contribution in [2.24, 2.45) is 5.84 Å². The lowest BCUT2D eigenvalue weighted by atomic mass is 10.1. The van der Waals surface area contributed by atoms with Gasteiger partial charge in [0.1, 0.15) is 17.2 Å². The number of carbonyl (C=O) groups is 2. The van der Waals surface area contributed by atoms with Crippen LogP contribution in [-0.2, 0) is 4.79 Å². The predicted molar refractivity (Wildman–Crippen MR) is 94.0 cm³/mol. The molecule has 2 aromatic carbocycles. The number of hydrogen-bond donors (Lipinski definition) is 5. The van der Waals surface area contributed by atoms with E-state index in [9.17, 15) is 19.8 Å². The Morgan fingerprint density at radius 3 is 2.40 bits per heavy atom. The van der Waals surface area contributed by atoms with Gasteiger partial charge in [-0.2, -0.15) is 0 Å². The topological polar surface area (TPSA) is 125 Å². The maximum Gasteiger partial charge on any atom is 0.281 e. The number of phenols is 2. The van der Waals surface area contributed by atoms with Gasteiger partial charge in [-0.15, -0.1) is 0 Å². The Kier molecular flexibility index (Phi) is 5.87. The van der Waals surface area contributed by atoms with Crippen LogP contribution in [0.1, 0.15) is 15.9 Å². The number of carbonyl (C=O) groups excluding carboxylic acids is 2. The number of aromatic hydroxyl groups is 2. The number of nitrogens with two attached hydrogens (primary N) is 1. The van der Waals surface area contributed by atoms with Gasteiger partial charge in [0.2, 0.25) is 0 Å². The zero-order valence-corrected chi connectivity index (χ0v) is 14.1. The molecular formula is C16H13Cl2N3O4. The lowest BCUT2D eigenvalue weighted by Crippen LogP contribution is -2.38. The van der Waals surface area contributed by atoms with Gasteiger partial charge < -0.3 is 15.5 Å². The second-order valence-electron chi connectivity index (χ2n) is 4.85. The SMILES string of the molecule is NNC(=O)/C(=C\c1ccc(O)cc1O)NC(=O)c1ccc(Cl)cc1Cl. The summed E-state index contributed by atoms with van der Waals surface area (Å²) in [5.74, 6) is 3.20.